The predicted octanol–water partition coefficient (Wildman–Crippen LogP) is 2.67. The Bertz CT molecular complexity index is 1440. The number of hydrogen-bond donors (Lipinski definition) is 1. The molecule has 0 radical (unpaired) electrons. The fraction of sp³-hybridized carbons (Fsp3) is 0.240. The van der Waals surface area contributed by atoms with Crippen LogP contribution in [0.25, 0.3) is 16.9 Å². The van der Waals surface area contributed by atoms with Gasteiger partial charge in [-0.3, -0.25) is 14.3 Å². The van der Waals surface area contributed by atoms with E-state index in [0.717, 1.165) is 16.6 Å². The number of sulfonamides is 1. The van der Waals surface area contributed by atoms with Crippen LogP contribution in [0.5, 0.6) is 0 Å². The molecule has 0 atom stereocenters. The minimum Gasteiger partial charge on any atom is -0.324 e. The maximum atomic E-state index is 12.9. The van der Waals surface area contributed by atoms with Crippen molar-refractivity contribution < 1.29 is 13.2 Å². The number of nitrogens with zero attached hydrogens (tertiary/aromatic N) is 5. The van der Waals surface area contributed by atoms with E-state index in [1.807, 2.05) is 46.7 Å². The van der Waals surface area contributed by atoms with Crippen LogP contribution >= 0.6 is 0 Å². The molecule has 1 N–H and O–H groups in total. The molecule has 1 aliphatic rings. The van der Waals surface area contributed by atoms with Gasteiger partial charge in [-0.1, -0.05) is 29.8 Å². The van der Waals surface area contributed by atoms with Gasteiger partial charge in [-0.25, -0.2) is 18.4 Å². The number of aryl methyl sites for hydroxylation is 1. The third-order valence-electron chi connectivity index (χ3n) is 6.09. The van der Waals surface area contributed by atoms with Crippen molar-refractivity contribution in [1.29, 1.82) is 0 Å². The van der Waals surface area contributed by atoms with Gasteiger partial charge in [-0.15, -0.1) is 0 Å². The summed E-state index contributed by atoms with van der Waals surface area (Å²) in [5, 5.41) is 2.87. The maximum absolute atomic E-state index is 12.9. The summed E-state index contributed by atoms with van der Waals surface area (Å²) in [5.41, 5.74) is 3.46. The Balaban J connectivity index is 1.15. The van der Waals surface area contributed by atoms with E-state index >= 15 is 0 Å². The molecule has 9 nitrogen and oxygen atoms in total. The van der Waals surface area contributed by atoms with E-state index in [4.69, 9.17) is 0 Å². The van der Waals surface area contributed by atoms with Gasteiger partial charge in [0.15, 0.2) is 0 Å². The van der Waals surface area contributed by atoms with Gasteiger partial charge in [0.25, 0.3) is 0 Å². The van der Waals surface area contributed by atoms with Crippen LogP contribution in [0.3, 0.4) is 0 Å². The second kappa shape index (κ2) is 9.57. The van der Waals surface area contributed by atoms with Crippen molar-refractivity contribution >= 4 is 32.7 Å². The van der Waals surface area contributed by atoms with Gasteiger partial charge in [0.05, 0.1) is 34.4 Å². The molecule has 0 saturated carbocycles. The fourth-order valence-corrected chi connectivity index (χ4v) is 5.56. The van der Waals surface area contributed by atoms with Gasteiger partial charge in [-0.2, -0.15) is 4.31 Å². The van der Waals surface area contributed by atoms with Crippen molar-refractivity contribution in [3.8, 4) is 5.82 Å². The Morgan fingerprint density at radius 1 is 0.943 bits per heavy atom. The van der Waals surface area contributed by atoms with Crippen LogP contribution in [0.4, 0.5) is 5.69 Å². The molecule has 180 valence electrons. The summed E-state index contributed by atoms with van der Waals surface area (Å²) < 4.78 is 29.1. The van der Waals surface area contributed by atoms with Crippen LogP contribution in [0.2, 0.25) is 0 Å². The number of pyridine rings is 1. The number of fused-ring (bicyclic) bond motifs is 1. The van der Waals surface area contributed by atoms with Gasteiger partial charge in [-0.05, 0) is 43.3 Å². The van der Waals surface area contributed by atoms with E-state index in [-0.39, 0.29) is 12.5 Å². The molecule has 0 bridgehead atoms. The summed E-state index contributed by atoms with van der Waals surface area (Å²) in [5.74, 6) is 0.546. The van der Waals surface area contributed by atoms with Crippen molar-refractivity contribution in [2.24, 2.45) is 0 Å². The van der Waals surface area contributed by atoms with Gasteiger partial charge in [0, 0.05) is 26.2 Å². The number of anilines is 1. The molecule has 1 aliphatic heterocycles. The number of imidazole rings is 1. The lowest BCUT2D eigenvalue weighted by Gasteiger charge is -2.33. The molecule has 1 fully saturated rings. The lowest BCUT2D eigenvalue weighted by molar-refractivity contribution is -0.117. The normalized spacial score (nSPS) is 15.3. The first-order valence-corrected chi connectivity index (χ1v) is 12.8. The van der Waals surface area contributed by atoms with E-state index in [1.165, 1.54) is 4.31 Å². The molecular formula is C25H26N6O3S. The highest BCUT2D eigenvalue weighted by Gasteiger charge is 2.29. The zero-order chi connectivity index (χ0) is 24.4. The monoisotopic (exact) mass is 490 g/mol. The highest BCUT2D eigenvalue weighted by Crippen LogP contribution is 2.19. The molecule has 0 aliphatic carbocycles. The number of piperazine rings is 1. The Kier molecular flexibility index (Phi) is 6.33. The Hall–Kier alpha value is -3.60. The Morgan fingerprint density at radius 2 is 1.69 bits per heavy atom. The summed E-state index contributed by atoms with van der Waals surface area (Å²) >= 11 is 0. The average molecular weight is 491 g/mol. The van der Waals surface area contributed by atoms with Crippen molar-refractivity contribution in [3.05, 3.63) is 78.8 Å². The highest BCUT2D eigenvalue weighted by atomic mass is 32.2. The molecule has 3 heterocycles. The van der Waals surface area contributed by atoms with Crippen molar-refractivity contribution in [2.45, 2.75) is 11.8 Å². The van der Waals surface area contributed by atoms with Gasteiger partial charge < -0.3 is 5.32 Å². The summed E-state index contributed by atoms with van der Waals surface area (Å²) in [6.07, 6.45) is 3.35. The van der Waals surface area contributed by atoms with Gasteiger partial charge in [0.2, 0.25) is 15.9 Å². The lowest BCUT2D eigenvalue weighted by Crippen LogP contribution is -2.50. The third-order valence-corrected chi connectivity index (χ3v) is 8.00. The molecule has 5 rings (SSSR count). The standard InChI is InChI=1S/C25H26N6O3S/c1-19-6-9-21(10-7-19)35(33,34)30-14-12-29(13-15-30)17-25(32)28-20-8-11-24(26-16-20)31-18-27-22-4-2-3-5-23(22)31/h2-11,16,18H,12-15,17H2,1H3,(H,28,32). The molecule has 4 aromatic rings. The van der Waals surface area contributed by atoms with Crippen LogP contribution in [0.1, 0.15) is 5.56 Å². The van der Waals surface area contributed by atoms with Crippen molar-refractivity contribution in [3.63, 3.8) is 0 Å². The minimum absolute atomic E-state index is 0.164. The maximum Gasteiger partial charge on any atom is 0.243 e. The van der Waals surface area contributed by atoms with E-state index < -0.39 is 10.0 Å². The predicted molar refractivity (Wildman–Crippen MR) is 134 cm³/mol. The van der Waals surface area contributed by atoms with E-state index in [1.54, 1.807) is 42.9 Å². The number of amides is 1. The van der Waals surface area contributed by atoms with E-state index in [9.17, 15) is 13.2 Å². The number of rotatable bonds is 6. The number of hydrogen-bond acceptors (Lipinski definition) is 6. The molecule has 1 saturated heterocycles. The molecule has 10 heteroatoms. The molecule has 2 aromatic heterocycles. The summed E-state index contributed by atoms with van der Waals surface area (Å²) in [6, 6.07) is 18.3. The van der Waals surface area contributed by atoms with E-state index in [2.05, 4.69) is 15.3 Å². The first-order valence-electron chi connectivity index (χ1n) is 11.4. The highest BCUT2D eigenvalue weighted by molar-refractivity contribution is 7.89. The number of para-hydroxylation sites is 2. The Morgan fingerprint density at radius 3 is 2.40 bits per heavy atom. The van der Waals surface area contributed by atoms with Crippen LogP contribution in [0, 0.1) is 6.92 Å². The summed E-state index contributed by atoms with van der Waals surface area (Å²) in [6.45, 7) is 3.78. The zero-order valence-electron chi connectivity index (χ0n) is 19.3. The molecule has 0 unspecified atom stereocenters. The SMILES string of the molecule is Cc1ccc(S(=O)(=O)N2CCN(CC(=O)Nc3ccc(-n4cnc5ccccc54)nc3)CC2)cc1. The van der Waals surface area contributed by atoms with Crippen LogP contribution in [-0.2, 0) is 14.8 Å². The summed E-state index contributed by atoms with van der Waals surface area (Å²) in [7, 11) is -3.52. The number of carbonyl (C=O) groups excluding carboxylic acids is 1. The second-order valence-corrected chi connectivity index (χ2v) is 10.5. The minimum atomic E-state index is -3.52. The number of benzene rings is 2. The number of aromatic nitrogens is 3. The molecule has 0 spiro atoms. The van der Waals surface area contributed by atoms with Crippen molar-refractivity contribution in [1.82, 2.24) is 23.7 Å². The van der Waals surface area contributed by atoms with E-state index in [0.29, 0.717) is 42.6 Å². The first-order chi connectivity index (χ1) is 16.9. The quantitative estimate of drug-likeness (QED) is 0.446. The zero-order valence-corrected chi connectivity index (χ0v) is 20.1. The topological polar surface area (TPSA) is 100 Å². The lowest BCUT2D eigenvalue weighted by atomic mass is 10.2. The first kappa shape index (κ1) is 23.2. The number of carbonyl (C=O) groups is 1. The third kappa shape index (κ3) is 4.95. The van der Waals surface area contributed by atoms with Gasteiger partial charge >= 0.3 is 0 Å². The largest absolute Gasteiger partial charge is 0.324 e. The Labute approximate surface area is 204 Å². The average Bonchev–Trinajstić information content (AvgIpc) is 3.29. The summed E-state index contributed by atoms with van der Waals surface area (Å²) in [4.78, 5) is 23.7. The molecule has 2 aromatic carbocycles. The van der Waals surface area contributed by atoms with Crippen molar-refractivity contribution in [2.75, 3.05) is 38.0 Å². The van der Waals surface area contributed by atoms with Crippen LogP contribution in [-0.4, -0.2) is 70.8 Å². The fourth-order valence-electron chi connectivity index (χ4n) is 4.14. The van der Waals surface area contributed by atoms with Crippen LogP contribution in [0.15, 0.2) is 78.1 Å². The number of nitrogens with one attached hydrogen (secondary N) is 1. The van der Waals surface area contributed by atoms with Crippen LogP contribution < -0.4 is 5.32 Å². The molecule has 1 amide bonds. The molecular weight excluding hydrogens is 464 g/mol. The smallest absolute Gasteiger partial charge is 0.243 e. The van der Waals surface area contributed by atoms with Gasteiger partial charge in [0.1, 0.15) is 12.1 Å². The molecule has 35 heavy (non-hydrogen) atoms. The second-order valence-electron chi connectivity index (χ2n) is 8.55.